The van der Waals surface area contributed by atoms with Crippen molar-refractivity contribution in [3.8, 4) is 11.5 Å². The number of benzene rings is 1. The van der Waals surface area contributed by atoms with E-state index in [0.29, 0.717) is 54.3 Å². The maximum atomic E-state index is 13.3. The van der Waals surface area contributed by atoms with Crippen LogP contribution < -0.4 is 15.0 Å². The Hall–Kier alpha value is -2.98. The highest BCUT2D eigenvalue weighted by atomic mass is 16.7. The lowest BCUT2D eigenvalue weighted by atomic mass is 9.99. The van der Waals surface area contributed by atoms with Gasteiger partial charge in [0.25, 0.3) is 5.56 Å². The second-order valence-electron chi connectivity index (χ2n) is 8.94. The van der Waals surface area contributed by atoms with Gasteiger partial charge in [-0.15, -0.1) is 5.10 Å². The number of H-pyrrole nitrogens is 1. The highest BCUT2D eigenvalue weighted by Gasteiger charge is 2.35. The fourth-order valence-electron chi connectivity index (χ4n) is 5.25. The molecule has 4 heterocycles. The second-order valence-corrected chi connectivity index (χ2v) is 8.94. The Labute approximate surface area is 184 Å². The summed E-state index contributed by atoms with van der Waals surface area (Å²) in [4.78, 5) is 18.6. The summed E-state index contributed by atoms with van der Waals surface area (Å²) in [5.74, 6) is 2.00. The van der Waals surface area contributed by atoms with Crippen LogP contribution >= 0.6 is 0 Å². The maximum absolute atomic E-state index is 13.3. The van der Waals surface area contributed by atoms with E-state index >= 15 is 0 Å². The molecule has 0 unspecified atom stereocenters. The summed E-state index contributed by atoms with van der Waals surface area (Å²) in [6.07, 6.45) is 5.41. The molecule has 32 heavy (non-hydrogen) atoms. The number of nitrogens with zero attached hydrogens (tertiary/aromatic N) is 5. The fraction of sp³-hybridized carbons (Fsp3) is 0.545. The molecule has 3 aromatic rings. The molecule has 1 saturated carbocycles. The molecule has 1 atom stereocenters. The number of pyridine rings is 1. The van der Waals surface area contributed by atoms with Crippen LogP contribution in [-0.4, -0.2) is 61.2 Å². The third-order valence-corrected chi connectivity index (χ3v) is 6.96. The molecule has 6 rings (SSSR count). The van der Waals surface area contributed by atoms with E-state index in [4.69, 9.17) is 9.47 Å². The quantitative estimate of drug-likeness (QED) is 0.634. The number of fused-ring (bicyclic) bond motifs is 2. The van der Waals surface area contributed by atoms with Crippen molar-refractivity contribution < 1.29 is 14.6 Å². The topological polar surface area (TPSA) is 118 Å². The Kier molecular flexibility index (Phi) is 4.83. The molecule has 2 aliphatic heterocycles. The standard InChI is InChI=1S/C22H26N6O4/c29-15-5-7-27(8-6-15)20(21-24-25-26-28(21)14-3-1-2-4-14)16-9-13-10-18-19(32-12-31-18)11-17(13)23-22(16)30/h9-11,14-15,20,29H,1-8,12H2,(H,23,30)/t20-/m0/s1. The first-order chi connectivity index (χ1) is 15.7. The van der Waals surface area contributed by atoms with Gasteiger partial charge in [-0.2, -0.15) is 0 Å². The highest BCUT2D eigenvalue weighted by Crippen LogP contribution is 2.38. The molecule has 0 bridgehead atoms. The number of aromatic amines is 1. The molecule has 2 aromatic heterocycles. The van der Waals surface area contributed by atoms with Crippen LogP contribution in [0.25, 0.3) is 10.9 Å². The van der Waals surface area contributed by atoms with Crippen LogP contribution in [-0.2, 0) is 0 Å². The average molecular weight is 438 g/mol. The SMILES string of the molecule is O=c1[nH]c2cc3c(cc2cc1[C@@H](c1nnnn1C1CCCC1)N1CCC(O)CC1)OCO3. The first-order valence-corrected chi connectivity index (χ1v) is 11.3. The van der Waals surface area contributed by atoms with E-state index in [2.05, 4.69) is 25.4 Å². The molecule has 2 fully saturated rings. The zero-order valence-electron chi connectivity index (χ0n) is 17.7. The summed E-state index contributed by atoms with van der Waals surface area (Å²) in [7, 11) is 0. The second kappa shape index (κ2) is 7.86. The summed E-state index contributed by atoms with van der Waals surface area (Å²) in [6.45, 7) is 1.52. The van der Waals surface area contributed by atoms with Crippen molar-refractivity contribution >= 4 is 10.9 Å². The number of ether oxygens (including phenoxy) is 2. The maximum Gasteiger partial charge on any atom is 0.253 e. The van der Waals surface area contributed by atoms with Crippen molar-refractivity contribution in [2.24, 2.45) is 0 Å². The monoisotopic (exact) mass is 438 g/mol. The number of aromatic nitrogens is 5. The van der Waals surface area contributed by atoms with E-state index in [1.807, 2.05) is 16.8 Å². The summed E-state index contributed by atoms with van der Waals surface area (Å²) in [5.41, 5.74) is 1.13. The van der Waals surface area contributed by atoms with Crippen LogP contribution in [0.4, 0.5) is 0 Å². The predicted octanol–water partition coefficient (Wildman–Crippen LogP) is 1.90. The molecule has 2 N–H and O–H groups in total. The van der Waals surface area contributed by atoms with Crippen molar-refractivity contribution in [3.05, 3.63) is 39.9 Å². The molecule has 3 aliphatic rings. The van der Waals surface area contributed by atoms with E-state index in [0.717, 1.165) is 31.1 Å². The summed E-state index contributed by atoms with van der Waals surface area (Å²) < 4.78 is 12.9. The Bertz CT molecular complexity index is 1190. The van der Waals surface area contributed by atoms with Gasteiger partial charge in [-0.25, -0.2) is 4.68 Å². The number of hydrogen-bond acceptors (Lipinski definition) is 8. The lowest BCUT2D eigenvalue weighted by Gasteiger charge is -2.35. The van der Waals surface area contributed by atoms with Gasteiger partial charge >= 0.3 is 0 Å². The minimum atomic E-state index is -0.392. The zero-order valence-corrected chi connectivity index (χ0v) is 17.7. The molecule has 0 radical (unpaired) electrons. The number of piperidine rings is 1. The van der Waals surface area contributed by atoms with Crippen molar-refractivity contribution in [1.29, 1.82) is 0 Å². The first kappa shape index (κ1) is 19.7. The van der Waals surface area contributed by atoms with Crippen LogP contribution in [0.5, 0.6) is 11.5 Å². The van der Waals surface area contributed by atoms with Gasteiger partial charge in [-0.1, -0.05) is 12.8 Å². The normalized spacial score (nSPS) is 20.9. The van der Waals surface area contributed by atoms with Crippen LogP contribution in [0.2, 0.25) is 0 Å². The van der Waals surface area contributed by atoms with Gasteiger partial charge in [0.1, 0.15) is 6.04 Å². The molecular weight excluding hydrogens is 412 g/mol. The lowest BCUT2D eigenvalue weighted by Crippen LogP contribution is -2.42. The van der Waals surface area contributed by atoms with Crippen molar-refractivity contribution in [2.45, 2.75) is 56.7 Å². The van der Waals surface area contributed by atoms with Crippen molar-refractivity contribution in [3.63, 3.8) is 0 Å². The lowest BCUT2D eigenvalue weighted by molar-refractivity contribution is 0.0654. The summed E-state index contributed by atoms with van der Waals surface area (Å²) >= 11 is 0. The number of aliphatic hydroxyl groups is 1. The molecule has 0 amide bonds. The molecule has 1 saturated heterocycles. The molecule has 168 valence electrons. The molecule has 1 aromatic carbocycles. The largest absolute Gasteiger partial charge is 0.454 e. The molecule has 0 spiro atoms. The predicted molar refractivity (Wildman–Crippen MR) is 115 cm³/mol. The van der Waals surface area contributed by atoms with Gasteiger partial charge in [-0.3, -0.25) is 9.69 Å². The number of likely N-dealkylation sites (tertiary alicyclic amines) is 1. The highest BCUT2D eigenvalue weighted by molar-refractivity contribution is 5.83. The van der Waals surface area contributed by atoms with E-state index in [9.17, 15) is 9.90 Å². The first-order valence-electron chi connectivity index (χ1n) is 11.3. The Balaban J connectivity index is 1.48. The number of aliphatic hydroxyl groups excluding tert-OH is 1. The van der Waals surface area contributed by atoms with Crippen LogP contribution in [0, 0.1) is 0 Å². The molecule has 10 nitrogen and oxygen atoms in total. The number of hydrogen-bond donors (Lipinski definition) is 2. The third kappa shape index (κ3) is 3.34. The number of rotatable bonds is 4. The number of nitrogens with one attached hydrogen (secondary N) is 1. The van der Waals surface area contributed by atoms with Gasteiger partial charge in [0, 0.05) is 30.1 Å². The van der Waals surface area contributed by atoms with Gasteiger partial charge in [0.15, 0.2) is 17.3 Å². The van der Waals surface area contributed by atoms with Crippen molar-refractivity contribution in [2.75, 3.05) is 19.9 Å². The van der Waals surface area contributed by atoms with Crippen molar-refractivity contribution in [1.82, 2.24) is 30.1 Å². The Morgan fingerprint density at radius 2 is 1.81 bits per heavy atom. The van der Waals surface area contributed by atoms with Gasteiger partial charge in [-0.05, 0) is 48.2 Å². The molecule has 10 heteroatoms. The minimum Gasteiger partial charge on any atom is -0.454 e. The fourth-order valence-corrected chi connectivity index (χ4v) is 5.25. The van der Waals surface area contributed by atoms with E-state index in [-0.39, 0.29) is 24.5 Å². The summed E-state index contributed by atoms with van der Waals surface area (Å²) in [5, 5.41) is 23.7. The average Bonchev–Trinajstić information content (AvgIpc) is 3.55. The smallest absolute Gasteiger partial charge is 0.253 e. The minimum absolute atomic E-state index is 0.173. The summed E-state index contributed by atoms with van der Waals surface area (Å²) in [6, 6.07) is 5.48. The zero-order chi connectivity index (χ0) is 21.7. The molecular formula is C22H26N6O4. The van der Waals surface area contributed by atoms with Crippen LogP contribution in [0.1, 0.15) is 62.0 Å². The number of tetrazole rings is 1. The van der Waals surface area contributed by atoms with Gasteiger partial charge < -0.3 is 19.6 Å². The van der Waals surface area contributed by atoms with E-state index < -0.39 is 6.04 Å². The van der Waals surface area contributed by atoms with Crippen LogP contribution in [0.15, 0.2) is 23.0 Å². The van der Waals surface area contributed by atoms with E-state index in [1.54, 1.807) is 6.07 Å². The van der Waals surface area contributed by atoms with Gasteiger partial charge in [0.2, 0.25) is 6.79 Å². The van der Waals surface area contributed by atoms with Crippen LogP contribution in [0.3, 0.4) is 0 Å². The van der Waals surface area contributed by atoms with Gasteiger partial charge in [0.05, 0.1) is 17.7 Å². The third-order valence-electron chi connectivity index (χ3n) is 6.96. The molecule has 1 aliphatic carbocycles. The Morgan fingerprint density at radius 1 is 1.06 bits per heavy atom. The Morgan fingerprint density at radius 3 is 2.59 bits per heavy atom. The van der Waals surface area contributed by atoms with E-state index in [1.165, 1.54) is 0 Å².